The number of aromatic nitrogens is 3. The number of nitrogens with one attached hydrogen (secondary N) is 2. The highest BCUT2D eigenvalue weighted by atomic mass is 16.2. The van der Waals surface area contributed by atoms with Crippen LogP contribution in [0.1, 0.15) is 42.9 Å². The van der Waals surface area contributed by atoms with Crippen molar-refractivity contribution in [3.05, 3.63) is 35.5 Å². The Kier molecular flexibility index (Phi) is 5.27. The number of nitrogens with zero attached hydrogens (tertiary/aromatic N) is 4. The van der Waals surface area contributed by atoms with Crippen LogP contribution >= 0.6 is 0 Å². The second kappa shape index (κ2) is 7.98. The number of aryl methyl sites for hydroxylation is 2. The third-order valence-corrected chi connectivity index (χ3v) is 5.47. The van der Waals surface area contributed by atoms with Gasteiger partial charge in [0.25, 0.3) is 0 Å². The SMILES string of the molecule is Cc1nc2n(c1CCNC(=O)Nc1cccnc1N1CCCC1)CCCC2. The van der Waals surface area contributed by atoms with Crippen LogP contribution in [0.4, 0.5) is 16.3 Å². The molecule has 2 aromatic rings. The third-order valence-electron chi connectivity index (χ3n) is 5.47. The molecule has 2 N–H and O–H groups in total. The van der Waals surface area contributed by atoms with Gasteiger partial charge in [-0.05, 0) is 44.7 Å². The molecule has 0 radical (unpaired) electrons. The number of pyridine rings is 1. The molecule has 2 aromatic heterocycles. The van der Waals surface area contributed by atoms with Crippen molar-refractivity contribution in [3.63, 3.8) is 0 Å². The molecule has 7 nitrogen and oxygen atoms in total. The zero-order chi connectivity index (χ0) is 18.6. The molecule has 144 valence electrons. The van der Waals surface area contributed by atoms with E-state index in [1.54, 1.807) is 6.20 Å². The Hall–Kier alpha value is -2.57. The molecular weight excluding hydrogens is 340 g/mol. The maximum Gasteiger partial charge on any atom is 0.319 e. The van der Waals surface area contributed by atoms with E-state index in [4.69, 9.17) is 4.98 Å². The van der Waals surface area contributed by atoms with Crippen molar-refractivity contribution in [2.75, 3.05) is 29.9 Å². The Labute approximate surface area is 160 Å². The predicted octanol–water partition coefficient (Wildman–Crippen LogP) is 2.89. The number of hydrogen-bond acceptors (Lipinski definition) is 4. The lowest BCUT2D eigenvalue weighted by atomic mass is 10.1. The number of fused-ring (bicyclic) bond motifs is 1. The molecule has 1 fully saturated rings. The summed E-state index contributed by atoms with van der Waals surface area (Å²) in [6.45, 7) is 5.71. The molecule has 2 aliphatic rings. The fraction of sp³-hybridized carbons (Fsp3) is 0.550. The predicted molar refractivity (Wildman–Crippen MR) is 106 cm³/mol. The summed E-state index contributed by atoms with van der Waals surface area (Å²) in [6, 6.07) is 3.59. The van der Waals surface area contributed by atoms with Crippen molar-refractivity contribution in [1.29, 1.82) is 0 Å². The van der Waals surface area contributed by atoms with Crippen molar-refractivity contribution in [2.45, 2.75) is 52.0 Å². The summed E-state index contributed by atoms with van der Waals surface area (Å²) in [6.07, 6.45) is 8.44. The fourth-order valence-corrected chi connectivity index (χ4v) is 4.13. The topological polar surface area (TPSA) is 75.1 Å². The first kappa shape index (κ1) is 17.8. The molecule has 0 unspecified atom stereocenters. The molecule has 0 aliphatic carbocycles. The lowest BCUT2D eigenvalue weighted by Gasteiger charge is -2.20. The highest BCUT2D eigenvalue weighted by Gasteiger charge is 2.19. The standard InChI is InChI=1S/C20H28N6O/c1-15-17(26-14-3-2-8-18(26)23-15)9-11-22-20(27)24-16-7-6-10-21-19(16)25-12-4-5-13-25/h6-7,10H,2-5,8-9,11-14H2,1H3,(H2,22,24,27). The summed E-state index contributed by atoms with van der Waals surface area (Å²) in [5.41, 5.74) is 3.12. The van der Waals surface area contributed by atoms with Gasteiger partial charge in [-0.1, -0.05) is 0 Å². The monoisotopic (exact) mass is 368 g/mol. The first-order valence-electron chi connectivity index (χ1n) is 10.0. The van der Waals surface area contributed by atoms with Gasteiger partial charge in [0.1, 0.15) is 5.82 Å². The second-order valence-electron chi connectivity index (χ2n) is 7.37. The van der Waals surface area contributed by atoms with Crippen LogP contribution in [0.2, 0.25) is 0 Å². The Bertz CT molecular complexity index is 809. The third kappa shape index (κ3) is 3.91. The van der Waals surface area contributed by atoms with Crippen molar-refractivity contribution >= 4 is 17.5 Å². The average molecular weight is 368 g/mol. The van der Waals surface area contributed by atoms with Gasteiger partial charge in [0.05, 0.1) is 11.4 Å². The molecule has 7 heteroatoms. The first-order valence-corrected chi connectivity index (χ1v) is 10.0. The fourth-order valence-electron chi connectivity index (χ4n) is 4.13. The molecular formula is C20H28N6O. The first-order chi connectivity index (χ1) is 13.2. The number of imidazole rings is 1. The van der Waals surface area contributed by atoms with Crippen molar-refractivity contribution < 1.29 is 4.79 Å². The quantitative estimate of drug-likeness (QED) is 0.851. The van der Waals surface area contributed by atoms with E-state index in [2.05, 4.69) is 32.0 Å². The lowest BCUT2D eigenvalue weighted by molar-refractivity contribution is 0.252. The molecule has 0 spiro atoms. The highest BCUT2D eigenvalue weighted by Crippen LogP contribution is 2.26. The molecule has 0 atom stereocenters. The van der Waals surface area contributed by atoms with Crippen LogP contribution < -0.4 is 15.5 Å². The maximum absolute atomic E-state index is 12.4. The van der Waals surface area contributed by atoms with Gasteiger partial charge in [0.15, 0.2) is 5.82 Å². The van der Waals surface area contributed by atoms with Gasteiger partial charge in [-0.2, -0.15) is 0 Å². The van der Waals surface area contributed by atoms with Gasteiger partial charge in [-0.25, -0.2) is 14.8 Å². The smallest absolute Gasteiger partial charge is 0.319 e. The molecule has 4 rings (SSSR count). The number of urea groups is 1. The summed E-state index contributed by atoms with van der Waals surface area (Å²) in [4.78, 5) is 23.8. The van der Waals surface area contributed by atoms with Gasteiger partial charge in [0, 0.05) is 50.9 Å². The number of rotatable bonds is 5. The highest BCUT2D eigenvalue weighted by molar-refractivity contribution is 5.92. The van der Waals surface area contributed by atoms with Crippen molar-refractivity contribution in [2.24, 2.45) is 0 Å². The van der Waals surface area contributed by atoms with Gasteiger partial charge >= 0.3 is 6.03 Å². The van der Waals surface area contributed by atoms with Crippen LogP contribution in [0.3, 0.4) is 0 Å². The van der Waals surface area contributed by atoms with Gasteiger partial charge in [-0.15, -0.1) is 0 Å². The summed E-state index contributed by atoms with van der Waals surface area (Å²) in [5.74, 6) is 2.06. The number of carbonyl (C=O) groups is 1. The molecule has 1 saturated heterocycles. The largest absolute Gasteiger partial charge is 0.355 e. The van der Waals surface area contributed by atoms with Gasteiger partial charge in [-0.3, -0.25) is 0 Å². The summed E-state index contributed by atoms with van der Waals surface area (Å²) >= 11 is 0. The summed E-state index contributed by atoms with van der Waals surface area (Å²) < 4.78 is 2.34. The Morgan fingerprint density at radius 2 is 2.00 bits per heavy atom. The van der Waals surface area contributed by atoms with Crippen LogP contribution in [0.15, 0.2) is 18.3 Å². The summed E-state index contributed by atoms with van der Waals surface area (Å²) in [5, 5.41) is 5.95. The molecule has 0 aromatic carbocycles. The van der Waals surface area contributed by atoms with E-state index in [9.17, 15) is 4.79 Å². The van der Waals surface area contributed by atoms with E-state index in [1.807, 2.05) is 12.1 Å². The van der Waals surface area contributed by atoms with Gasteiger partial charge < -0.3 is 20.1 Å². The minimum absolute atomic E-state index is 0.181. The number of amides is 2. The van der Waals surface area contributed by atoms with Crippen LogP contribution in [0.5, 0.6) is 0 Å². The Morgan fingerprint density at radius 3 is 2.85 bits per heavy atom. The minimum Gasteiger partial charge on any atom is -0.355 e. The molecule has 27 heavy (non-hydrogen) atoms. The van der Waals surface area contributed by atoms with E-state index >= 15 is 0 Å². The Balaban J connectivity index is 1.34. The maximum atomic E-state index is 12.4. The molecule has 0 bridgehead atoms. The zero-order valence-electron chi connectivity index (χ0n) is 16.0. The van der Waals surface area contributed by atoms with E-state index in [0.29, 0.717) is 6.54 Å². The minimum atomic E-state index is -0.181. The van der Waals surface area contributed by atoms with Crippen molar-refractivity contribution in [1.82, 2.24) is 19.9 Å². The molecule has 2 amide bonds. The zero-order valence-corrected chi connectivity index (χ0v) is 16.0. The normalized spacial score (nSPS) is 16.3. The number of hydrogen-bond donors (Lipinski definition) is 2. The van der Waals surface area contributed by atoms with E-state index in [-0.39, 0.29) is 6.03 Å². The molecule has 0 saturated carbocycles. The van der Waals surface area contributed by atoms with Gasteiger partial charge in [0.2, 0.25) is 0 Å². The van der Waals surface area contributed by atoms with Crippen LogP contribution in [0.25, 0.3) is 0 Å². The van der Waals surface area contributed by atoms with Crippen molar-refractivity contribution in [3.8, 4) is 0 Å². The van der Waals surface area contributed by atoms with E-state index in [0.717, 1.165) is 49.7 Å². The molecule has 2 aliphatic heterocycles. The van der Waals surface area contributed by atoms with Crippen LogP contribution in [-0.4, -0.2) is 40.2 Å². The average Bonchev–Trinajstić information content (AvgIpc) is 3.31. The van der Waals surface area contributed by atoms with Crippen LogP contribution in [0, 0.1) is 6.92 Å². The summed E-state index contributed by atoms with van der Waals surface area (Å²) in [7, 11) is 0. The Morgan fingerprint density at radius 1 is 1.19 bits per heavy atom. The lowest BCUT2D eigenvalue weighted by Crippen LogP contribution is -2.32. The van der Waals surface area contributed by atoms with Crippen LogP contribution in [-0.2, 0) is 19.4 Å². The number of anilines is 2. The van der Waals surface area contributed by atoms with E-state index < -0.39 is 0 Å². The molecule has 4 heterocycles. The number of carbonyl (C=O) groups excluding carboxylic acids is 1. The second-order valence-corrected chi connectivity index (χ2v) is 7.37. The van der Waals surface area contributed by atoms with E-state index in [1.165, 1.54) is 37.2 Å².